The Morgan fingerprint density at radius 2 is 1.71 bits per heavy atom. The summed E-state index contributed by atoms with van der Waals surface area (Å²) in [6.45, 7) is 0. The van der Waals surface area contributed by atoms with Crippen LogP contribution < -0.4 is 5.43 Å². The van der Waals surface area contributed by atoms with Gasteiger partial charge in [0.05, 0.1) is 11.0 Å². The molecule has 17 heavy (non-hydrogen) atoms. The summed E-state index contributed by atoms with van der Waals surface area (Å²) >= 11 is 0. The Morgan fingerprint density at radius 1 is 1.00 bits per heavy atom. The fourth-order valence-electron chi connectivity index (χ4n) is 2.23. The average Bonchev–Trinajstić information content (AvgIpc) is 2.36. The first-order valence-corrected chi connectivity index (χ1v) is 5.39. The monoisotopic (exact) mass is 225 g/mol. The van der Waals surface area contributed by atoms with Gasteiger partial charge in [-0.2, -0.15) is 0 Å². The lowest BCUT2D eigenvalue weighted by Crippen LogP contribution is -2.08. The van der Waals surface area contributed by atoms with Crippen molar-refractivity contribution < 1.29 is 5.11 Å². The van der Waals surface area contributed by atoms with Crippen molar-refractivity contribution in [2.24, 2.45) is 7.05 Å². The molecule has 84 valence electrons. The number of nitrogens with zero attached hydrogens (tertiary/aromatic N) is 1. The van der Waals surface area contributed by atoms with Crippen LogP contribution in [0.5, 0.6) is 5.75 Å². The van der Waals surface area contributed by atoms with Crippen LogP contribution in [-0.2, 0) is 7.05 Å². The zero-order chi connectivity index (χ0) is 12.0. The quantitative estimate of drug-likeness (QED) is 0.597. The molecule has 3 nitrogen and oxygen atoms in total. The van der Waals surface area contributed by atoms with Gasteiger partial charge in [0, 0.05) is 17.8 Å². The molecule has 0 fully saturated rings. The summed E-state index contributed by atoms with van der Waals surface area (Å²) < 4.78 is 1.96. The van der Waals surface area contributed by atoms with Gasteiger partial charge in [0.1, 0.15) is 5.75 Å². The van der Waals surface area contributed by atoms with E-state index in [9.17, 15) is 9.90 Å². The number of fused-ring (bicyclic) bond motifs is 2. The Labute approximate surface area is 97.5 Å². The molecule has 3 rings (SSSR count). The first-order valence-electron chi connectivity index (χ1n) is 5.39. The van der Waals surface area contributed by atoms with Crippen molar-refractivity contribution >= 4 is 21.8 Å². The third-order valence-corrected chi connectivity index (χ3v) is 3.10. The Morgan fingerprint density at radius 3 is 2.53 bits per heavy atom. The van der Waals surface area contributed by atoms with E-state index in [0.29, 0.717) is 10.8 Å². The van der Waals surface area contributed by atoms with Crippen molar-refractivity contribution in [1.29, 1.82) is 0 Å². The number of pyridine rings is 1. The Kier molecular flexibility index (Phi) is 1.95. The van der Waals surface area contributed by atoms with Crippen molar-refractivity contribution in [3.63, 3.8) is 0 Å². The lowest BCUT2D eigenvalue weighted by Gasteiger charge is -2.09. The van der Waals surface area contributed by atoms with Gasteiger partial charge < -0.3 is 9.67 Å². The number of aryl methyl sites for hydroxylation is 1. The predicted octanol–water partition coefficient (Wildman–Crippen LogP) is 2.40. The topological polar surface area (TPSA) is 42.2 Å². The SMILES string of the molecule is Cn1c2ccccc2c(=O)c2cc(O)ccc21. The number of hydrogen-bond donors (Lipinski definition) is 1. The van der Waals surface area contributed by atoms with Crippen LogP contribution in [0, 0.1) is 0 Å². The number of aromatic nitrogens is 1. The van der Waals surface area contributed by atoms with Gasteiger partial charge in [-0.25, -0.2) is 0 Å². The molecule has 0 radical (unpaired) electrons. The number of hydrogen-bond acceptors (Lipinski definition) is 2. The maximum Gasteiger partial charge on any atom is 0.197 e. The van der Waals surface area contributed by atoms with E-state index in [1.807, 2.05) is 29.8 Å². The van der Waals surface area contributed by atoms with Crippen LogP contribution in [0.15, 0.2) is 47.3 Å². The normalized spacial score (nSPS) is 11.1. The summed E-state index contributed by atoms with van der Waals surface area (Å²) in [5.74, 6) is 0.116. The van der Waals surface area contributed by atoms with Crippen molar-refractivity contribution in [2.75, 3.05) is 0 Å². The highest BCUT2D eigenvalue weighted by Crippen LogP contribution is 2.21. The first-order chi connectivity index (χ1) is 8.18. The average molecular weight is 225 g/mol. The maximum absolute atomic E-state index is 12.3. The minimum Gasteiger partial charge on any atom is -0.508 e. The summed E-state index contributed by atoms with van der Waals surface area (Å²) in [6.07, 6.45) is 0. The highest BCUT2D eigenvalue weighted by Gasteiger charge is 2.08. The summed E-state index contributed by atoms with van der Waals surface area (Å²) in [4.78, 5) is 12.3. The first kappa shape index (κ1) is 9.90. The minimum absolute atomic E-state index is 0.0374. The van der Waals surface area contributed by atoms with Gasteiger partial charge in [-0.1, -0.05) is 12.1 Å². The molecule has 0 atom stereocenters. The zero-order valence-corrected chi connectivity index (χ0v) is 9.34. The molecular weight excluding hydrogens is 214 g/mol. The molecule has 0 saturated heterocycles. The smallest absolute Gasteiger partial charge is 0.197 e. The summed E-state index contributed by atoms with van der Waals surface area (Å²) in [5, 5.41) is 10.7. The van der Waals surface area contributed by atoms with Crippen LogP contribution >= 0.6 is 0 Å². The number of para-hydroxylation sites is 1. The van der Waals surface area contributed by atoms with Gasteiger partial charge in [-0.15, -0.1) is 0 Å². The van der Waals surface area contributed by atoms with Crippen LogP contribution in [0.3, 0.4) is 0 Å². The van der Waals surface area contributed by atoms with Crippen molar-refractivity contribution in [2.45, 2.75) is 0 Å². The molecule has 3 heteroatoms. The fraction of sp³-hybridized carbons (Fsp3) is 0.0714. The van der Waals surface area contributed by atoms with Crippen LogP contribution in [0.4, 0.5) is 0 Å². The van der Waals surface area contributed by atoms with E-state index in [0.717, 1.165) is 11.0 Å². The second-order valence-corrected chi connectivity index (χ2v) is 4.11. The lowest BCUT2D eigenvalue weighted by molar-refractivity contribution is 0.476. The third-order valence-electron chi connectivity index (χ3n) is 3.10. The number of benzene rings is 2. The van der Waals surface area contributed by atoms with Crippen LogP contribution in [0.2, 0.25) is 0 Å². The molecular formula is C14H11NO2. The molecule has 0 spiro atoms. The highest BCUT2D eigenvalue weighted by molar-refractivity contribution is 5.93. The van der Waals surface area contributed by atoms with Gasteiger partial charge in [-0.05, 0) is 30.3 Å². The van der Waals surface area contributed by atoms with E-state index in [1.165, 1.54) is 6.07 Å². The zero-order valence-electron chi connectivity index (χ0n) is 9.34. The Bertz CT molecular complexity index is 787. The summed E-state index contributed by atoms with van der Waals surface area (Å²) in [6, 6.07) is 12.4. The van der Waals surface area contributed by atoms with Crippen molar-refractivity contribution in [3.8, 4) is 5.75 Å². The van der Waals surface area contributed by atoms with Gasteiger partial charge in [-0.3, -0.25) is 4.79 Å². The van der Waals surface area contributed by atoms with E-state index in [4.69, 9.17) is 0 Å². The number of rotatable bonds is 0. The fourth-order valence-corrected chi connectivity index (χ4v) is 2.23. The van der Waals surface area contributed by atoms with E-state index in [2.05, 4.69) is 0 Å². The van der Waals surface area contributed by atoms with Gasteiger partial charge in [0.15, 0.2) is 5.43 Å². The number of phenolic OH excluding ortho intramolecular Hbond substituents is 1. The van der Waals surface area contributed by atoms with E-state index in [1.54, 1.807) is 18.2 Å². The molecule has 1 N–H and O–H groups in total. The van der Waals surface area contributed by atoms with Crippen LogP contribution in [0.25, 0.3) is 21.8 Å². The molecule has 0 aliphatic rings. The lowest BCUT2D eigenvalue weighted by atomic mass is 10.1. The largest absolute Gasteiger partial charge is 0.508 e. The molecule has 0 aliphatic carbocycles. The highest BCUT2D eigenvalue weighted by atomic mass is 16.3. The Balaban J connectivity index is 2.68. The van der Waals surface area contributed by atoms with E-state index in [-0.39, 0.29) is 11.2 Å². The van der Waals surface area contributed by atoms with Crippen molar-refractivity contribution in [3.05, 3.63) is 52.7 Å². The third kappa shape index (κ3) is 1.32. The molecule has 0 amide bonds. The molecule has 2 aromatic carbocycles. The minimum atomic E-state index is -0.0374. The molecule has 0 saturated carbocycles. The second-order valence-electron chi connectivity index (χ2n) is 4.11. The predicted molar refractivity (Wildman–Crippen MR) is 68.4 cm³/mol. The van der Waals surface area contributed by atoms with E-state index >= 15 is 0 Å². The Hall–Kier alpha value is -2.29. The van der Waals surface area contributed by atoms with Crippen LogP contribution in [0.1, 0.15) is 0 Å². The molecule has 0 unspecified atom stereocenters. The standard InChI is InChI=1S/C14H11NO2/c1-15-12-5-3-2-4-10(12)14(17)11-8-9(16)6-7-13(11)15/h2-8,16H,1H3. The van der Waals surface area contributed by atoms with Crippen LogP contribution in [-0.4, -0.2) is 9.67 Å². The maximum atomic E-state index is 12.3. The van der Waals surface area contributed by atoms with Gasteiger partial charge in [0.25, 0.3) is 0 Å². The molecule has 0 aliphatic heterocycles. The van der Waals surface area contributed by atoms with E-state index < -0.39 is 0 Å². The van der Waals surface area contributed by atoms with Crippen molar-refractivity contribution in [1.82, 2.24) is 4.57 Å². The molecule has 1 aromatic heterocycles. The summed E-state index contributed by atoms with van der Waals surface area (Å²) in [5.41, 5.74) is 1.69. The molecule has 1 heterocycles. The summed E-state index contributed by atoms with van der Waals surface area (Å²) in [7, 11) is 1.92. The number of aromatic hydroxyl groups is 1. The van der Waals surface area contributed by atoms with Gasteiger partial charge >= 0.3 is 0 Å². The second kappa shape index (κ2) is 3.35. The molecule has 0 bridgehead atoms. The van der Waals surface area contributed by atoms with Gasteiger partial charge in [0.2, 0.25) is 0 Å². The number of phenols is 1. The molecule has 3 aromatic rings.